The molecule has 6 rings (SSSR count). The maximum Gasteiger partial charge on any atom is 0.284 e. The molecule has 0 unspecified atom stereocenters. The number of hydrazone groups is 1. The molecule has 7 nitrogen and oxygen atoms in total. The fourth-order valence-electron chi connectivity index (χ4n) is 4.29. The highest BCUT2D eigenvalue weighted by molar-refractivity contribution is 8.19. The third kappa shape index (κ3) is 4.86. The molecular formula is C30H20ClN5O2S2. The van der Waals surface area contributed by atoms with Crippen LogP contribution in [-0.2, 0) is 9.59 Å². The van der Waals surface area contributed by atoms with Crippen LogP contribution in [0.1, 0.15) is 0 Å². The number of hydrogen-bond donors (Lipinski definition) is 1. The summed E-state index contributed by atoms with van der Waals surface area (Å²) in [5.74, 6) is -0.730. The molecule has 1 N–H and O–H groups in total. The number of halogens is 1. The first kappa shape index (κ1) is 25.8. The summed E-state index contributed by atoms with van der Waals surface area (Å²) in [6.45, 7) is 0. The van der Waals surface area contributed by atoms with Crippen molar-refractivity contribution in [1.82, 2.24) is 0 Å². The lowest BCUT2D eigenvalue weighted by atomic mass is 10.2. The Kier molecular flexibility index (Phi) is 7.08. The molecule has 0 atom stereocenters. The summed E-state index contributed by atoms with van der Waals surface area (Å²) in [5.41, 5.74) is 2.89. The average Bonchev–Trinajstić information content (AvgIpc) is 3.53. The lowest BCUT2D eigenvalue weighted by Gasteiger charge is -2.23. The van der Waals surface area contributed by atoms with Gasteiger partial charge in [-0.25, -0.2) is 5.01 Å². The molecule has 2 heterocycles. The number of carbonyl (C=O) groups is 2. The predicted molar refractivity (Wildman–Crippen MR) is 167 cm³/mol. The van der Waals surface area contributed by atoms with E-state index in [1.165, 1.54) is 4.90 Å². The number of nitrogens with one attached hydrogen (secondary N) is 1. The number of nitrogens with zero attached hydrogens (tertiary/aromatic N) is 4. The Morgan fingerprint density at radius 1 is 0.750 bits per heavy atom. The number of anilines is 4. The van der Waals surface area contributed by atoms with Crippen LogP contribution in [0.25, 0.3) is 0 Å². The van der Waals surface area contributed by atoms with E-state index in [-0.39, 0.29) is 16.6 Å². The molecule has 0 aliphatic carbocycles. The molecule has 0 aromatic heterocycles. The van der Waals surface area contributed by atoms with Gasteiger partial charge in [-0.05, 0) is 84.6 Å². The smallest absolute Gasteiger partial charge is 0.284 e. The standard InChI is InChI=1S/C30H20ClN5O2S2/c31-20-16-18-24(19-17-20)36-29(40-27(33-36)26(37)32-21-10-4-1-5-11-21)25-28(38)35(23-14-8-3-9-15-23)30(39)34(25)22-12-6-2-7-13-22/h1-19H,(H,32,37)/b29-25+. The van der Waals surface area contributed by atoms with E-state index in [1.54, 1.807) is 46.3 Å². The minimum atomic E-state index is -0.398. The third-order valence-corrected chi connectivity index (χ3v) is 7.75. The maximum atomic E-state index is 14.2. The lowest BCUT2D eigenvalue weighted by molar-refractivity contribution is -0.113. The number of para-hydroxylation sites is 3. The van der Waals surface area contributed by atoms with Crippen molar-refractivity contribution in [3.8, 4) is 0 Å². The van der Waals surface area contributed by atoms with E-state index in [0.717, 1.165) is 11.8 Å². The van der Waals surface area contributed by atoms with Crippen molar-refractivity contribution in [2.45, 2.75) is 0 Å². The molecule has 0 radical (unpaired) electrons. The molecule has 1 fully saturated rings. The third-order valence-electron chi connectivity index (χ3n) is 6.12. The Morgan fingerprint density at radius 2 is 1.30 bits per heavy atom. The van der Waals surface area contributed by atoms with E-state index in [2.05, 4.69) is 10.4 Å². The summed E-state index contributed by atoms with van der Waals surface area (Å²) in [6.07, 6.45) is 0. The van der Waals surface area contributed by atoms with Crippen molar-refractivity contribution in [2.24, 2.45) is 5.10 Å². The van der Waals surface area contributed by atoms with Gasteiger partial charge in [0.25, 0.3) is 11.8 Å². The fraction of sp³-hybridized carbons (Fsp3) is 0. The van der Waals surface area contributed by atoms with E-state index >= 15 is 0 Å². The van der Waals surface area contributed by atoms with Gasteiger partial charge in [0.1, 0.15) is 10.7 Å². The molecule has 0 spiro atoms. The molecule has 0 saturated carbocycles. The maximum absolute atomic E-state index is 14.2. The van der Waals surface area contributed by atoms with Crippen LogP contribution in [0, 0.1) is 0 Å². The van der Waals surface area contributed by atoms with E-state index < -0.39 is 5.91 Å². The first-order chi connectivity index (χ1) is 19.5. The number of carbonyl (C=O) groups excluding carboxylic acids is 2. The van der Waals surface area contributed by atoms with Crippen LogP contribution >= 0.6 is 35.6 Å². The number of thiocarbonyl (C=S) groups is 1. The predicted octanol–water partition coefficient (Wildman–Crippen LogP) is 6.85. The topological polar surface area (TPSA) is 68.2 Å². The molecular weight excluding hydrogens is 562 g/mol. The van der Waals surface area contributed by atoms with Crippen molar-refractivity contribution >= 4 is 80.3 Å². The second-order valence-corrected chi connectivity index (χ2v) is 10.5. The van der Waals surface area contributed by atoms with Gasteiger partial charge in [-0.3, -0.25) is 19.4 Å². The van der Waals surface area contributed by atoms with Gasteiger partial charge in [0.05, 0.1) is 11.4 Å². The molecule has 4 aromatic carbocycles. The largest absolute Gasteiger partial charge is 0.320 e. The summed E-state index contributed by atoms with van der Waals surface area (Å²) >= 11 is 13.2. The number of thioether (sulfide) groups is 1. The normalized spacial score (nSPS) is 16.9. The van der Waals surface area contributed by atoms with Crippen molar-refractivity contribution in [2.75, 3.05) is 20.1 Å². The van der Waals surface area contributed by atoms with Gasteiger partial charge in [0.2, 0.25) is 0 Å². The van der Waals surface area contributed by atoms with Gasteiger partial charge in [-0.1, -0.05) is 66.2 Å². The van der Waals surface area contributed by atoms with Crippen LogP contribution in [0.2, 0.25) is 5.02 Å². The molecule has 2 amide bonds. The minimum Gasteiger partial charge on any atom is -0.320 e. The van der Waals surface area contributed by atoms with Crippen molar-refractivity contribution in [3.05, 3.63) is 131 Å². The summed E-state index contributed by atoms with van der Waals surface area (Å²) < 4.78 is 0. The molecule has 0 bridgehead atoms. The highest BCUT2D eigenvalue weighted by Crippen LogP contribution is 2.43. The van der Waals surface area contributed by atoms with Gasteiger partial charge < -0.3 is 5.32 Å². The van der Waals surface area contributed by atoms with E-state index in [0.29, 0.717) is 37.9 Å². The van der Waals surface area contributed by atoms with Crippen molar-refractivity contribution in [3.63, 3.8) is 0 Å². The number of benzene rings is 4. The second-order valence-electron chi connectivity index (χ2n) is 8.70. The highest BCUT2D eigenvalue weighted by Gasteiger charge is 2.45. The van der Waals surface area contributed by atoms with Crippen LogP contribution in [0.15, 0.2) is 131 Å². The van der Waals surface area contributed by atoms with Crippen LogP contribution < -0.4 is 20.1 Å². The quantitative estimate of drug-likeness (QED) is 0.205. The van der Waals surface area contributed by atoms with E-state index in [9.17, 15) is 9.59 Å². The monoisotopic (exact) mass is 581 g/mol. The van der Waals surface area contributed by atoms with Gasteiger partial charge >= 0.3 is 0 Å². The Morgan fingerprint density at radius 3 is 1.90 bits per heavy atom. The highest BCUT2D eigenvalue weighted by atomic mass is 35.5. The zero-order valence-electron chi connectivity index (χ0n) is 20.8. The van der Waals surface area contributed by atoms with Gasteiger partial charge in [-0.2, -0.15) is 5.10 Å². The Balaban J connectivity index is 1.49. The van der Waals surface area contributed by atoms with Crippen LogP contribution in [0.4, 0.5) is 22.7 Å². The summed E-state index contributed by atoms with van der Waals surface area (Å²) in [7, 11) is 0. The van der Waals surface area contributed by atoms with E-state index in [1.807, 2.05) is 78.9 Å². The summed E-state index contributed by atoms with van der Waals surface area (Å²) in [4.78, 5) is 30.8. The van der Waals surface area contributed by atoms with Crippen LogP contribution in [-0.4, -0.2) is 22.0 Å². The van der Waals surface area contributed by atoms with Crippen molar-refractivity contribution < 1.29 is 9.59 Å². The summed E-state index contributed by atoms with van der Waals surface area (Å²) in [6, 6.07) is 34.8. The van der Waals surface area contributed by atoms with Crippen LogP contribution in [0.5, 0.6) is 0 Å². The zero-order valence-corrected chi connectivity index (χ0v) is 23.2. The first-order valence-electron chi connectivity index (χ1n) is 12.2. The summed E-state index contributed by atoms with van der Waals surface area (Å²) in [5, 5.41) is 10.6. The molecule has 1 saturated heterocycles. The Bertz CT molecular complexity index is 1660. The second kappa shape index (κ2) is 11.0. The minimum absolute atomic E-state index is 0.172. The molecule has 4 aromatic rings. The molecule has 10 heteroatoms. The lowest BCUT2D eigenvalue weighted by Crippen LogP contribution is -2.32. The molecule has 2 aliphatic heterocycles. The Hall–Kier alpha value is -4.44. The average molecular weight is 582 g/mol. The molecule has 196 valence electrons. The number of rotatable bonds is 5. The molecule has 40 heavy (non-hydrogen) atoms. The van der Waals surface area contributed by atoms with E-state index in [4.69, 9.17) is 23.8 Å². The zero-order chi connectivity index (χ0) is 27.6. The SMILES string of the molecule is O=C(Nc1ccccc1)C1=NN(c2ccc(Cl)cc2)/C(=C2/C(=O)N(c3ccccc3)C(=S)N2c2ccccc2)S1. The number of amides is 2. The van der Waals surface area contributed by atoms with Gasteiger partial charge in [-0.15, -0.1) is 0 Å². The van der Waals surface area contributed by atoms with Crippen molar-refractivity contribution in [1.29, 1.82) is 0 Å². The Labute approximate surface area is 245 Å². The number of hydrogen-bond acceptors (Lipinski definition) is 6. The molecule has 2 aliphatic rings. The van der Waals surface area contributed by atoms with Crippen LogP contribution in [0.3, 0.4) is 0 Å². The first-order valence-corrected chi connectivity index (χ1v) is 13.8. The van der Waals surface area contributed by atoms with Gasteiger partial charge in [0.15, 0.2) is 10.2 Å². The van der Waals surface area contributed by atoms with Gasteiger partial charge in [0, 0.05) is 16.4 Å². The fourth-order valence-corrected chi connectivity index (χ4v) is 5.76.